The second-order valence-electron chi connectivity index (χ2n) is 18.2. The maximum atomic E-state index is 13.8. The molecule has 0 aliphatic carbocycles. The molecular weight excluding hydrogens is 877 g/mol. The number of nitrogens with zero attached hydrogens (tertiary/aromatic N) is 3. The van der Waals surface area contributed by atoms with E-state index >= 15 is 0 Å². The zero-order chi connectivity index (χ0) is 47.7. The number of piperidine rings is 1. The van der Waals surface area contributed by atoms with Gasteiger partial charge in [-0.1, -0.05) is 92.8 Å². The average molecular weight is 927 g/mol. The number of carboxylic acid groups (broad SMARTS) is 1. The van der Waals surface area contributed by atoms with Crippen LogP contribution in [0.25, 0.3) is 21.3 Å². The van der Waals surface area contributed by atoms with Crippen molar-refractivity contribution in [2.75, 3.05) is 22.1 Å². The molecule has 344 valence electrons. The van der Waals surface area contributed by atoms with Gasteiger partial charge < -0.3 is 20.1 Å². The second kappa shape index (κ2) is 18.9. The van der Waals surface area contributed by atoms with Crippen molar-refractivity contribution >= 4 is 67.8 Å². The molecule has 4 N–H and O–H groups in total. The number of fused-ring (bicyclic) bond motifs is 2. The van der Waals surface area contributed by atoms with Crippen molar-refractivity contribution in [1.82, 2.24) is 15.3 Å². The summed E-state index contributed by atoms with van der Waals surface area (Å²) in [6.45, 7) is 9.03. The van der Waals surface area contributed by atoms with E-state index in [2.05, 4.69) is 46.6 Å². The molecule has 4 heterocycles. The topological polar surface area (TPSA) is 180 Å². The van der Waals surface area contributed by atoms with Gasteiger partial charge in [-0.2, -0.15) is 0 Å². The fraction of sp³-hybridized carbons (Fsp3) is 0.241. The predicted molar refractivity (Wildman–Crippen MR) is 264 cm³/mol. The largest absolute Gasteiger partial charge is 0.476 e. The molecule has 0 bridgehead atoms. The molecule has 1 atom stereocenters. The Bertz CT molecular complexity index is 3090. The Kier molecular flexibility index (Phi) is 12.6. The highest BCUT2D eigenvalue weighted by Gasteiger charge is 2.32. The number of carbonyl (C=O) groups is 5. The smallest absolute Gasteiger partial charge is 0.355 e. The zero-order valence-electron chi connectivity index (χ0n) is 38.1. The molecule has 4 amide bonds. The van der Waals surface area contributed by atoms with Gasteiger partial charge in [0.1, 0.15) is 17.3 Å². The predicted octanol–water partition coefficient (Wildman–Crippen LogP) is 10.4. The van der Waals surface area contributed by atoms with E-state index in [1.807, 2.05) is 97.9 Å². The Hall–Kier alpha value is -7.71. The normalized spacial score (nSPS) is 14.8. The lowest BCUT2D eigenvalue weighted by molar-refractivity contribution is -0.134. The van der Waals surface area contributed by atoms with Gasteiger partial charge in [-0.25, -0.2) is 14.8 Å². The maximum absolute atomic E-state index is 13.8. The van der Waals surface area contributed by atoms with Crippen LogP contribution < -0.4 is 25.6 Å². The van der Waals surface area contributed by atoms with Gasteiger partial charge in [0, 0.05) is 42.7 Å². The van der Waals surface area contributed by atoms with Crippen molar-refractivity contribution < 1.29 is 33.8 Å². The molecule has 0 radical (unpaired) electrons. The van der Waals surface area contributed by atoms with Gasteiger partial charge in [0.15, 0.2) is 10.8 Å². The van der Waals surface area contributed by atoms with Gasteiger partial charge in [-0.05, 0) is 125 Å². The Morgan fingerprint density at radius 2 is 1.65 bits per heavy atom. The van der Waals surface area contributed by atoms with Crippen LogP contribution in [0.3, 0.4) is 0 Å². The summed E-state index contributed by atoms with van der Waals surface area (Å²) in [7, 11) is 0. The number of hydrogen-bond acceptors (Lipinski definition) is 10. The first-order valence-electron chi connectivity index (χ1n) is 22.6. The van der Waals surface area contributed by atoms with Gasteiger partial charge in [0.25, 0.3) is 5.91 Å². The number of benzene rings is 5. The standard InChI is InChI=1S/C54H50N6O7S/c1-31-37(10-8-13-43(31)67-36-22-15-32(16-23-36)17-25-46(61)55-35-20-18-34(19-21-35)38-24-26-47(62)58-50(38)63)48-41(54(2,3)4)29-45(57-49(48)52(65)66)60-28-27-33-9-7-11-39(40(33)30-60)51(64)59-53-56-42-12-5-6-14-44(42)68-53/h5-16,18-23,29,38H,17,24-28,30H2,1-4H3,(H,55,61)(H,65,66)(H,56,59,64)(H,58,62,63). The molecule has 2 aromatic heterocycles. The molecule has 9 rings (SSSR count). The maximum Gasteiger partial charge on any atom is 0.355 e. The molecule has 0 spiro atoms. The average Bonchev–Trinajstić information content (AvgIpc) is 3.73. The number of aromatic nitrogens is 2. The number of ether oxygens (including phenoxy) is 1. The number of carboxylic acids is 1. The third kappa shape index (κ3) is 9.72. The van der Waals surface area contributed by atoms with E-state index in [1.165, 1.54) is 11.3 Å². The number of pyridine rings is 1. The van der Waals surface area contributed by atoms with E-state index in [9.17, 15) is 29.1 Å². The van der Waals surface area contributed by atoms with Crippen LogP contribution >= 0.6 is 11.3 Å². The number of anilines is 3. The van der Waals surface area contributed by atoms with Crippen molar-refractivity contribution in [3.63, 3.8) is 0 Å². The number of imide groups is 1. The highest BCUT2D eigenvalue weighted by atomic mass is 32.1. The lowest BCUT2D eigenvalue weighted by Crippen LogP contribution is -2.39. The lowest BCUT2D eigenvalue weighted by Gasteiger charge is -2.33. The first-order valence-corrected chi connectivity index (χ1v) is 23.4. The minimum Gasteiger partial charge on any atom is -0.476 e. The molecule has 0 saturated carbocycles. The number of thiazole rings is 1. The summed E-state index contributed by atoms with van der Waals surface area (Å²) in [5.41, 5.74) is 7.84. The van der Waals surface area contributed by atoms with Crippen LogP contribution in [-0.2, 0) is 39.2 Å². The quantitative estimate of drug-likeness (QED) is 0.0862. The summed E-state index contributed by atoms with van der Waals surface area (Å²) in [6, 6.07) is 35.7. The number of aromatic carboxylic acids is 1. The highest BCUT2D eigenvalue weighted by molar-refractivity contribution is 7.22. The van der Waals surface area contributed by atoms with Crippen LogP contribution in [0.4, 0.5) is 16.6 Å². The highest BCUT2D eigenvalue weighted by Crippen LogP contribution is 2.42. The molecule has 2 aliphatic rings. The Morgan fingerprint density at radius 1 is 0.882 bits per heavy atom. The summed E-state index contributed by atoms with van der Waals surface area (Å²) < 4.78 is 7.41. The van der Waals surface area contributed by atoms with Crippen molar-refractivity contribution in [2.24, 2.45) is 0 Å². The first kappa shape index (κ1) is 45.4. The van der Waals surface area contributed by atoms with E-state index in [0.717, 1.165) is 43.6 Å². The Balaban J connectivity index is 0.897. The van der Waals surface area contributed by atoms with Gasteiger partial charge >= 0.3 is 5.97 Å². The van der Waals surface area contributed by atoms with E-state index in [4.69, 9.17) is 9.72 Å². The van der Waals surface area contributed by atoms with E-state index in [-0.39, 0.29) is 41.7 Å². The van der Waals surface area contributed by atoms with Gasteiger partial charge in [-0.15, -0.1) is 0 Å². The SMILES string of the molecule is Cc1c(Oc2ccc(CCC(=O)Nc3ccc(C4CCC(=O)NC4=O)cc3)cc2)cccc1-c1c(C(C)(C)C)cc(N2CCc3cccc(C(=O)Nc4nc5ccccc5s4)c3C2)nc1C(=O)O. The third-order valence-electron chi connectivity index (χ3n) is 12.6. The fourth-order valence-corrected chi connectivity index (χ4v) is 9.79. The summed E-state index contributed by atoms with van der Waals surface area (Å²) in [4.78, 5) is 75.2. The molecule has 1 saturated heterocycles. The number of aryl methyl sites for hydroxylation is 1. The number of hydrogen-bond donors (Lipinski definition) is 4. The number of rotatable bonds is 12. The van der Waals surface area contributed by atoms with Crippen molar-refractivity contribution in [2.45, 2.75) is 77.7 Å². The van der Waals surface area contributed by atoms with Gasteiger partial charge in [0.05, 0.1) is 16.1 Å². The fourth-order valence-electron chi connectivity index (χ4n) is 8.93. The molecule has 5 aromatic carbocycles. The molecule has 1 fully saturated rings. The van der Waals surface area contributed by atoms with Crippen LogP contribution in [0.15, 0.2) is 115 Å². The number of para-hydroxylation sites is 1. The molecule has 14 heteroatoms. The van der Waals surface area contributed by atoms with E-state index in [1.54, 1.807) is 24.3 Å². The summed E-state index contributed by atoms with van der Waals surface area (Å²) in [5.74, 6) is -0.850. The summed E-state index contributed by atoms with van der Waals surface area (Å²) >= 11 is 1.42. The van der Waals surface area contributed by atoms with Gasteiger partial charge in [-0.3, -0.25) is 29.8 Å². The molecular formula is C54H50N6O7S. The second-order valence-corrected chi connectivity index (χ2v) is 19.2. The molecule has 13 nitrogen and oxygen atoms in total. The van der Waals surface area contributed by atoms with Crippen LogP contribution in [-0.4, -0.2) is 51.2 Å². The third-order valence-corrected chi connectivity index (χ3v) is 13.5. The molecule has 1 unspecified atom stereocenters. The molecule has 7 aromatic rings. The van der Waals surface area contributed by atoms with Gasteiger partial charge in [0.2, 0.25) is 17.7 Å². The van der Waals surface area contributed by atoms with E-state index in [0.29, 0.717) is 83.6 Å². The van der Waals surface area contributed by atoms with Crippen molar-refractivity contribution in [1.29, 1.82) is 0 Å². The van der Waals surface area contributed by atoms with Crippen molar-refractivity contribution in [3.05, 3.63) is 160 Å². The molecule has 68 heavy (non-hydrogen) atoms. The zero-order valence-corrected chi connectivity index (χ0v) is 39.0. The van der Waals surface area contributed by atoms with Crippen LogP contribution in [0.1, 0.15) is 100 Å². The number of amides is 4. The number of nitrogens with one attached hydrogen (secondary N) is 3. The minimum absolute atomic E-state index is 0.0713. The van der Waals surface area contributed by atoms with Crippen LogP contribution in [0.5, 0.6) is 11.5 Å². The Morgan fingerprint density at radius 3 is 2.38 bits per heavy atom. The van der Waals surface area contributed by atoms with Crippen LogP contribution in [0, 0.1) is 6.92 Å². The lowest BCUT2D eigenvalue weighted by atomic mass is 9.80. The van der Waals surface area contributed by atoms with E-state index < -0.39 is 11.4 Å². The number of carbonyl (C=O) groups excluding carboxylic acids is 4. The van der Waals surface area contributed by atoms with Crippen molar-refractivity contribution in [3.8, 4) is 22.6 Å². The molecule has 2 aliphatic heterocycles. The minimum atomic E-state index is -1.15. The summed E-state index contributed by atoms with van der Waals surface area (Å²) in [6.07, 6.45) is 2.15. The Labute approximate surface area is 397 Å². The first-order chi connectivity index (χ1) is 32.7. The van der Waals surface area contributed by atoms with Crippen LogP contribution in [0.2, 0.25) is 0 Å². The summed E-state index contributed by atoms with van der Waals surface area (Å²) in [5, 5.41) is 19.7. The monoisotopic (exact) mass is 926 g/mol.